The zero-order valence-electron chi connectivity index (χ0n) is 9.30. The lowest BCUT2D eigenvalue weighted by molar-refractivity contribution is -0.129. The van der Waals surface area contributed by atoms with Crippen molar-refractivity contribution in [2.45, 2.75) is 52.6 Å². The molecule has 0 aliphatic carbocycles. The van der Waals surface area contributed by atoms with E-state index in [4.69, 9.17) is 4.74 Å². The highest BCUT2D eigenvalue weighted by atomic mass is 16.5. The number of hydrogen-bond donors (Lipinski definition) is 0. The maximum absolute atomic E-state index is 10.8. The summed E-state index contributed by atoms with van der Waals surface area (Å²) in [5, 5.41) is 0. The van der Waals surface area contributed by atoms with Crippen LogP contribution in [0.15, 0.2) is 0 Å². The van der Waals surface area contributed by atoms with Gasteiger partial charge in [0, 0.05) is 6.61 Å². The van der Waals surface area contributed by atoms with Gasteiger partial charge in [0.2, 0.25) is 0 Å². The lowest BCUT2D eigenvalue weighted by Gasteiger charge is -2.23. The van der Waals surface area contributed by atoms with Crippen LogP contribution in [0.2, 0.25) is 0 Å². The quantitative estimate of drug-likeness (QED) is 0.571. The lowest BCUT2D eigenvalue weighted by Crippen LogP contribution is -2.30. The first-order valence-electron chi connectivity index (χ1n) is 5.14. The third-order valence-electron chi connectivity index (χ3n) is 2.18. The van der Waals surface area contributed by atoms with Crippen LogP contribution < -0.4 is 0 Å². The van der Waals surface area contributed by atoms with Gasteiger partial charge in [-0.15, -0.1) is 0 Å². The highest BCUT2D eigenvalue weighted by molar-refractivity contribution is 5.61. The molecule has 0 aliphatic rings. The van der Waals surface area contributed by atoms with E-state index in [1.54, 1.807) is 0 Å². The molecule has 0 aromatic heterocycles. The summed E-state index contributed by atoms with van der Waals surface area (Å²) in [5.41, 5.74) is -0.552. The van der Waals surface area contributed by atoms with Gasteiger partial charge >= 0.3 is 0 Å². The van der Waals surface area contributed by atoms with E-state index in [0.717, 1.165) is 25.5 Å². The third-order valence-corrected chi connectivity index (χ3v) is 2.18. The lowest BCUT2D eigenvalue weighted by atomic mass is 9.97. The average Bonchev–Trinajstić information content (AvgIpc) is 2.04. The van der Waals surface area contributed by atoms with E-state index in [1.807, 2.05) is 13.8 Å². The number of hydrogen-bond acceptors (Lipinski definition) is 2. The maximum Gasteiger partial charge on any atom is 0.151 e. The van der Waals surface area contributed by atoms with Gasteiger partial charge in [-0.25, -0.2) is 0 Å². The normalized spacial score (nSPS) is 15.8. The summed E-state index contributed by atoms with van der Waals surface area (Å²) in [5.74, 6) is 0.706. The van der Waals surface area contributed by atoms with Crippen LogP contribution in [0.25, 0.3) is 0 Å². The SMILES string of the molecule is CCOC(C)(C=O)CCCC(C)C. The summed E-state index contributed by atoms with van der Waals surface area (Å²) in [4.78, 5) is 10.8. The van der Waals surface area contributed by atoms with Crippen LogP contribution in [-0.4, -0.2) is 18.5 Å². The first-order valence-corrected chi connectivity index (χ1v) is 5.14. The van der Waals surface area contributed by atoms with E-state index < -0.39 is 5.60 Å². The van der Waals surface area contributed by atoms with Gasteiger partial charge in [0.15, 0.2) is 6.29 Å². The number of ether oxygens (including phenoxy) is 1. The summed E-state index contributed by atoms with van der Waals surface area (Å²) in [6, 6.07) is 0. The van der Waals surface area contributed by atoms with Crippen LogP contribution in [0, 0.1) is 5.92 Å². The van der Waals surface area contributed by atoms with Gasteiger partial charge in [-0.1, -0.05) is 20.3 Å². The summed E-state index contributed by atoms with van der Waals surface area (Å²) in [6.07, 6.45) is 3.99. The van der Waals surface area contributed by atoms with Gasteiger partial charge in [-0.05, 0) is 32.6 Å². The number of aldehydes is 1. The molecule has 0 saturated heterocycles. The van der Waals surface area contributed by atoms with Crippen LogP contribution in [-0.2, 0) is 9.53 Å². The van der Waals surface area contributed by atoms with Gasteiger partial charge in [0.1, 0.15) is 5.60 Å². The second-order valence-corrected chi connectivity index (χ2v) is 4.15. The molecule has 0 heterocycles. The minimum absolute atomic E-state index is 0.552. The summed E-state index contributed by atoms with van der Waals surface area (Å²) < 4.78 is 5.39. The number of rotatable bonds is 7. The molecule has 0 amide bonds. The van der Waals surface area contributed by atoms with Crippen molar-refractivity contribution >= 4 is 6.29 Å². The van der Waals surface area contributed by atoms with Crippen LogP contribution >= 0.6 is 0 Å². The molecule has 78 valence electrons. The Labute approximate surface area is 81.7 Å². The molecular formula is C11H22O2. The largest absolute Gasteiger partial charge is 0.368 e. The minimum Gasteiger partial charge on any atom is -0.368 e. The van der Waals surface area contributed by atoms with E-state index in [-0.39, 0.29) is 0 Å². The third kappa shape index (κ3) is 5.81. The number of carbonyl (C=O) groups excluding carboxylic acids is 1. The predicted octanol–water partition coefficient (Wildman–Crippen LogP) is 2.81. The van der Waals surface area contributed by atoms with E-state index >= 15 is 0 Å². The van der Waals surface area contributed by atoms with Crippen molar-refractivity contribution in [3.05, 3.63) is 0 Å². The van der Waals surface area contributed by atoms with Gasteiger partial charge in [-0.2, -0.15) is 0 Å². The summed E-state index contributed by atoms with van der Waals surface area (Å²) in [7, 11) is 0. The fourth-order valence-corrected chi connectivity index (χ4v) is 1.36. The van der Waals surface area contributed by atoms with Crippen molar-refractivity contribution in [3.8, 4) is 0 Å². The first kappa shape index (κ1) is 12.6. The van der Waals surface area contributed by atoms with Crippen LogP contribution in [0.5, 0.6) is 0 Å². The molecule has 0 rings (SSSR count). The van der Waals surface area contributed by atoms with Crippen LogP contribution in [0.3, 0.4) is 0 Å². The van der Waals surface area contributed by atoms with Crippen molar-refractivity contribution in [1.29, 1.82) is 0 Å². The molecule has 0 aromatic rings. The molecule has 0 N–H and O–H groups in total. The molecule has 1 unspecified atom stereocenters. The van der Waals surface area contributed by atoms with Crippen LogP contribution in [0.1, 0.15) is 47.0 Å². The fraction of sp³-hybridized carbons (Fsp3) is 0.909. The van der Waals surface area contributed by atoms with Gasteiger partial charge < -0.3 is 9.53 Å². The highest BCUT2D eigenvalue weighted by Crippen LogP contribution is 2.18. The standard InChI is InChI=1S/C11H22O2/c1-5-13-11(4,9-12)8-6-7-10(2)3/h9-10H,5-8H2,1-4H3. The highest BCUT2D eigenvalue weighted by Gasteiger charge is 2.22. The molecule has 0 aliphatic heterocycles. The zero-order valence-corrected chi connectivity index (χ0v) is 9.30. The van der Waals surface area contributed by atoms with E-state index in [2.05, 4.69) is 13.8 Å². The maximum atomic E-state index is 10.8. The van der Waals surface area contributed by atoms with E-state index in [0.29, 0.717) is 12.5 Å². The predicted molar refractivity (Wildman–Crippen MR) is 54.8 cm³/mol. The molecule has 0 bridgehead atoms. The van der Waals surface area contributed by atoms with Gasteiger partial charge in [0.25, 0.3) is 0 Å². The Hall–Kier alpha value is -0.370. The smallest absolute Gasteiger partial charge is 0.151 e. The molecule has 0 radical (unpaired) electrons. The fourth-order valence-electron chi connectivity index (χ4n) is 1.36. The Morgan fingerprint density at radius 2 is 2.08 bits per heavy atom. The van der Waals surface area contributed by atoms with E-state index in [1.165, 1.54) is 0 Å². The molecule has 0 spiro atoms. The van der Waals surface area contributed by atoms with Crippen LogP contribution in [0.4, 0.5) is 0 Å². The Bertz CT molecular complexity index is 143. The minimum atomic E-state index is -0.552. The average molecular weight is 186 g/mol. The second-order valence-electron chi connectivity index (χ2n) is 4.15. The van der Waals surface area contributed by atoms with Crippen molar-refractivity contribution in [2.24, 2.45) is 5.92 Å². The molecule has 0 saturated carbocycles. The Kier molecular flexibility index (Phi) is 5.97. The van der Waals surface area contributed by atoms with Gasteiger partial charge in [-0.3, -0.25) is 0 Å². The molecule has 2 nitrogen and oxygen atoms in total. The van der Waals surface area contributed by atoms with Crippen molar-refractivity contribution in [3.63, 3.8) is 0 Å². The molecular weight excluding hydrogens is 164 g/mol. The zero-order chi connectivity index (χ0) is 10.3. The monoisotopic (exact) mass is 186 g/mol. The molecule has 0 fully saturated rings. The Morgan fingerprint density at radius 1 is 1.46 bits per heavy atom. The second kappa shape index (κ2) is 6.14. The van der Waals surface area contributed by atoms with Gasteiger partial charge in [0.05, 0.1) is 0 Å². The number of carbonyl (C=O) groups is 1. The Balaban J connectivity index is 3.76. The van der Waals surface area contributed by atoms with E-state index in [9.17, 15) is 4.79 Å². The Morgan fingerprint density at radius 3 is 2.46 bits per heavy atom. The van der Waals surface area contributed by atoms with Crippen molar-refractivity contribution < 1.29 is 9.53 Å². The summed E-state index contributed by atoms with van der Waals surface area (Å²) in [6.45, 7) is 8.78. The molecule has 1 atom stereocenters. The molecule has 13 heavy (non-hydrogen) atoms. The molecule has 2 heteroatoms. The van der Waals surface area contributed by atoms with Crippen molar-refractivity contribution in [1.82, 2.24) is 0 Å². The molecule has 0 aromatic carbocycles. The summed E-state index contributed by atoms with van der Waals surface area (Å²) >= 11 is 0. The topological polar surface area (TPSA) is 26.3 Å². The first-order chi connectivity index (χ1) is 6.04. The van der Waals surface area contributed by atoms with Crippen molar-refractivity contribution in [2.75, 3.05) is 6.61 Å².